The largest absolute Gasteiger partial charge is 0.341 e. The van der Waals surface area contributed by atoms with Crippen LogP contribution in [0.15, 0.2) is 24.3 Å². The van der Waals surface area contributed by atoms with Crippen LogP contribution in [-0.4, -0.2) is 59.4 Å². The van der Waals surface area contributed by atoms with Gasteiger partial charge >= 0.3 is 0 Å². The number of hydrogen-bond acceptors (Lipinski definition) is 3. The molecule has 1 aromatic carbocycles. The van der Waals surface area contributed by atoms with Crippen molar-refractivity contribution in [1.82, 2.24) is 9.80 Å². The van der Waals surface area contributed by atoms with Crippen LogP contribution in [0.4, 0.5) is 0 Å². The van der Waals surface area contributed by atoms with E-state index in [9.17, 15) is 4.79 Å². The van der Waals surface area contributed by atoms with Gasteiger partial charge in [0, 0.05) is 43.0 Å². The predicted molar refractivity (Wildman–Crippen MR) is 93.7 cm³/mol. The molecule has 1 unspecified atom stereocenters. The normalized spacial score (nSPS) is 23.5. The van der Waals surface area contributed by atoms with Crippen molar-refractivity contribution >= 4 is 29.3 Å². The Hall–Kier alpha value is -0.710. The molecule has 3 nitrogen and oxygen atoms in total. The number of amides is 1. The lowest BCUT2D eigenvalue weighted by atomic mass is 10.1. The second-order valence-corrected chi connectivity index (χ2v) is 7.68. The Bertz CT molecular complexity index is 502. The third kappa shape index (κ3) is 4.18. The number of carbonyl (C=O) groups is 1. The number of benzene rings is 1. The summed E-state index contributed by atoms with van der Waals surface area (Å²) in [5.74, 6) is 2.80. The summed E-state index contributed by atoms with van der Waals surface area (Å²) in [5.41, 5.74) is 1.04. The van der Waals surface area contributed by atoms with Gasteiger partial charge in [-0.25, -0.2) is 0 Å². The van der Waals surface area contributed by atoms with Crippen LogP contribution in [0.5, 0.6) is 0 Å². The zero-order valence-corrected chi connectivity index (χ0v) is 14.4. The molecule has 2 aliphatic heterocycles. The van der Waals surface area contributed by atoms with E-state index in [4.69, 9.17) is 11.6 Å². The minimum Gasteiger partial charge on any atom is -0.341 e. The standard InChI is InChI=1S/C17H23ClN2OS/c18-15-4-2-14(3-5-15)12-17(21)20-8-1-7-19(9-10-20)16-6-11-22-13-16/h2-5,16H,1,6-13H2. The van der Waals surface area contributed by atoms with Crippen LogP contribution in [0.3, 0.4) is 0 Å². The first-order chi connectivity index (χ1) is 10.7. The van der Waals surface area contributed by atoms with Crippen molar-refractivity contribution in [3.63, 3.8) is 0 Å². The number of thioether (sulfide) groups is 1. The molecule has 0 spiro atoms. The van der Waals surface area contributed by atoms with Gasteiger partial charge in [0.1, 0.15) is 0 Å². The lowest BCUT2D eigenvalue weighted by Crippen LogP contribution is -2.40. The Morgan fingerprint density at radius 1 is 1.18 bits per heavy atom. The maximum absolute atomic E-state index is 12.5. The topological polar surface area (TPSA) is 23.6 Å². The molecule has 1 aromatic rings. The number of halogens is 1. The molecule has 2 heterocycles. The van der Waals surface area contributed by atoms with Crippen LogP contribution in [0.25, 0.3) is 0 Å². The second kappa shape index (κ2) is 7.71. The molecule has 2 fully saturated rings. The molecule has 1 amide bonds. The van der Waals surface area contributed by atoms with Crippen LogP contribution in [0, 0.1) is 0 Å². The lowest BCUT2D eigenvalue weighted by Gasteiger charge is -2.26. The van der Waals surface area contributed by atoms with Crippen molar-refractivity contribution in [1.29, 1.82) is 0 Å². The van der Waals surface area contributed by atoms with Crippen LogP contribution < -0.4 is 0 Å². The van der Waals surface area contributed by atoms with E-state index in [2.05, 4.69) is 16.7 Å². The summed E-state index contributed by atoms with van der Waals surface area (Å²) in [4.78, 5) is 17.1. The van der Waals surface area contributed by atoms with E-state index in [1.807, 2.05) is 29.2 Å². The molecule has 0 aromatic heterocycles. The van der Waals surface area contributed by atoms with Gasteiger partial charge in [0.2, 0.25) is 5.91 Å². The van der Waals surface area contributed by atoms with Crippen LogP contribution in [0.1, 0.15) is 18.4 Å². The molecule has 0 N–H and O–H groups in total. The first kappa shape index (κ1) is 16.2. The number of nitrogens with zero attached hydrogens (tertiary/aromatic N) is 2. The number of rotatable bonds is 3. The first-order valence-electron chi connectivity index (χ1n) is 8.06. The summed E-state index contributed by atoms with van der Waals surface area (Å²) >= 11 is 7.95. The quantitative estimate of drug-likeness (QED) is 0.846. The minimum atomic E-state index is 0.241. The van der Waals surface area contributed by atoms with Gasteiger partial charge < -0.3 is 4.90 Å². The molecule has 3 rings (SSSR count). The maximum atomic E-state index is 12.5. The summed E-state index contributed by atoms with van der Waals surface area (Å²) < 4.78 is 0. The fourth-order valence-electron chi connectivity index (χ4n) is 3.25. The van der Waals surface area contributed by atoms with Gasteiger partial charge in [-0.05, 0) is 36.3 Å². The van der Waals surface area contributed by atoms with E-state index in [-0.39, 0.29) is 5.91 Å². The highest BCUT2D eigenvalue weighted by Crippen LogP contribution is 2.23. The predicted octanol–water partition coefficient (Wildman–Crippen LogP) is 2.92. The zero-order chi connectivity index (χ0) is 15.4. The van der Waals surface area contributed by atoms with E-state index < -0.39 is 0 Å². The van der Waals surface area contributed by atoms with E-state index >= 15 is 0 Å². The average molecular weight is 339 g/mol. The molecule has 0 aliphatic carbocycles. The summed E-state index contributed by atoms with van der Waals surface area (Å²) in [5, 5.41) is 0.719. The van der Waals surface area contributed by atoms with Gasteiger partial charge in [0.25, 0.3) is 0 Å². The first-order valence-corrected chi connectivity index (χ1v) is 9.59. The maximum Gasteiger partial charge on any atom is 0.227 e. The third-order valence-electron chi connectivity index (χ3n) is 4.57. The molecule has 5 heteroatoms. The van der Waals surface area contributed by atoms with Crippen molar-refractivity contribution in [2.75, 3.05) is 37.7 Å². The molecule has 2 aliphatic rings. The minimum absolute atomic E-state index is 0.241. The monoisotopic (exact) mass is 338 g/mol. The van der Waals surface area contributed by atoms with Gasteiger partial charge in [-0.3, -0.25) is 9.69 Å². The highest BCUT2D eigenvalue weighted by atomic mass is 35.5. The number of hydrogen-bond donors (Lipinski definition) is 0. The van der Waals surface area contributed by atoms with Gasteiger partial charge in [-0.2, -0.15) is 11.8 Å². The SMILES string of the molecule is O=C(Cc1ccc(Cl)cc1)N1CCCN(C2CCSC2)CC1. The van der Waals surface area contributed by atoms with Crippen LogP contribution in [-0.2, 0) is 11.2 Å². The Labute approximate surface area is 142 Å². The Morgan fingerprint density at radius 2 is 2.00 bits per heavy atom. The molecule has 120 valence electrons. The number of carbonyl (C=O) groups excluding carboxylic acids is 1. The summed E-state index contributed by atoms with van der Waals surface area (Å²) in [6.45, 7) is 3.92. The van der Waals surface area contributed by atoms with Gasteiger partial charge in [0.15, 0.2) is 0 Å². The van der Waals surface area contributed by atoms with Crippen molar-refractivity contribution in [2.45, 2.75) is 25.3 Å². The van der Waals surface area contributed by atoms with Crippen molar-refractivity contribution in [3.8, 4) is 0 Å². The molecule has 1 atom stereocenters. The van der Waals surface area contributed by atoms with Gasteiger partial charge in [-0.15, -0.1) is 0 Å². The summed E-state index contributed by atoms with van der Waals surface area (Å²) in [6.07, 6.45) is 2.88. The van der Waals surface area contributed by atoms with Gasteiger partial charge in [0.05, 0.1) is 6.42 Å². The van der Waals surface area contributed by atoms with E-state index in [1.165, 1.54) is 17.9 Å². The van der Waals surface area contributed by atoms with Crippen molar-refractivity contribution in [2.24, 2.45) is 0 Å². The molecular formula is C17H23ClN2OS. The molecular weight excluding hydrogens is 316 g/mol. The van der Waals surface area contributed by atoms with Gasteiger partial charge in [-0.1, -0.05) is 23.7 Å². The van der Waals surface area contributed by atoms with Crippen LogP contribution >= 0.6 is 23.4 Å². The fourth-order valence-corrected chi connectivity index (χ4v) is 4.63. The highest BCUT2D eigenvalue weighted by molar-refractivity contribution is 7.99. The van der Waals surface area contributed by atoms with E-state index in [1.54, 1.807) is 0 Å². The van der Waals surface area contributed by atoms with E-state index in [0.29, 0.717) is 6.42 Å². The molecule has 2 saturated heterocycles. The van der Waals surface area contributed by atoms with Crippen molar-refractivity contribution < 1.29 is 4.79 Å². The smallest absolute Gasteiger partial charge is 0.227 e. The summed E-state index contributed by atoms with van der Waals surface area (Å²) in [6, 6.07) is 8.33. The molecule has 0 bridgehead atoms. The van der Waals surface area contributed by atoms with E-state index in [0.717, 1.165) is 49.2 Å². The van der Waals surface area contributed by atoms with Crippen LogP contribution in [0.2, 0.25) is 5.02 Å². The molecule has 0 saturated carbocycles. The second-order valence-electron chi connectivity index (χ2n) is 6.09. The third-order valence-corrected chi connectivity index (χ3v) is 5.97. The zero-order valence-electron chi connectivity index (χ0n) is 12.8. The fraction of sp³-hybridized carbons (Fsp3) is 0.588. The molecule has 0 radical (unpaired) electrons. The lowest BCUT2D eigenvalue weighted by molar-refractivity contribution is -0.130. The summed E-state index contributed by atoms with van der Waals surface area (Å²) in [7, 11) is 0. The molecule has 22 heavy (non-hydrogen) atoms. The average Bonchev–Trinajstić information content (AvgIpc) is 2.94. The Morgan fingerprint density at radius 3 is 2.73 bits per heavy atom. The highest BCUT2D eigenvalue weighted by Gasteiger charge is 2.26. The Balaban J connectivity index is 1.53. The Kier molecular flexibility index (Phi) is 5.66. The van der Waals surface area contributed by atoms with Crippen molar-refractivity contribution in [3.05, 3.63) is 34.9 Å².